The number of hydrogen-bond donors (Lipinski definition) is 0. The zero-order valence-corrected chi connectivity index (χ0v) is 15.8. The lowest BCUT2D eigenvalue weighted by Crippen LogP contribution is -2.42. The molecular weight excluding hydrogens is 299 g/mol. The van der Waals surface area contributed by atoms with Gasteiger partial charge < -0.3 is 0 Å². The van der Waals surface area contributed by atoms with Gasteiger partial charge in [0.05, 0.1) is 0 Å². The minimum atomic E-state index is 0.571. The first kappa shape index (κ1) is 16.5. The van der Waals surface area contributed by atoms with Gasteiger partial charge in [0, 0.05) is 0 Å². The Bertz CT molecular complexity index is 854. The first-order valence-corrected chi connectivity index (χ1v) is 9.68. The largest absolute Gasteiger partial charge is 0.185 e. The molecule has 0 amide bonds. The molecule has 0 radical (unpaired) electrons. The van der Waals surface area contributed by atoms with Crippen molar-refractivity contribution in [3.8, 4) is 0 Å². The van der Waals surface area contributed by atoms with Crippen molar-refractivity contribution in [3.63, 3.8) is 0 Å². The highest BCUT2D eigenvalue weighted by atomic mass is 14.2. The lowest BCUT2D eigenvalue weighted by molar-refractivity contribution is 0.843. The van der Waals surface area contributed by atoms with Gasteiger partial charge in [-0.2, -0.15) is 0 Å². The van der Waals surface area contributed by atoms with Crippen molar-refractivity contribution in [1.82, 2.24) is 0 Å². The van der Waals surface area contributed by atoms with Crippen LogP contribution < -0.4 is 5.46 Å². The van der Waals surface area contributed by atoms with Crippen molar-refractivity contribution in [2.75, 3.05) is 0 Å². The molecule has 0 spiro atoms. The number of rotatable bonds is 3. The fourth-order valence-electron chi connectivity index (χ4n) is 4.73. The molecule has 1 heteroatoms. The third kappa shape index (κ3) is 2.80. The molecule has 0 aliphatic carbocycles. The highest BCUT2D eigenvalue weighted by Gasteiger charge is 2.29. The van der Waals surface area contributed by atoms with E-state index in [2.05, 4.69) is 82.3 Å². The molecule has 0 saturated carbocycles. The lowest BCUT2D eigenvalue weighted by Gasteiger charge is -2.29. The van der Waals surface area contributed by atoms with E-state index in [1.165, 1.54) is 21.9 Å². The van der Waals surface area contributed by atoms with Crippen molar-refractivity contribution in [1.29, 1.82) is 0 Å². The van der Waals surface area contributed by atoms with E-state index >= 15 is 0 Å². The highest BCUT2D eigenvalue weighted by molar-refractivity contribution is 6.74. The maximum Gasteiger partial charge on any atom is 0.185 e. The van der Waals surface area contributed by atoms with Gasteiger partial charge in [-0.3, -0.25) is 0 Å². The van der Waals surface area contributed by atoms with Crippen LogP contribution in [0.2, 0.25) is 0 Å². The summed E-state index contributed by atoms with van der Waals surface area (Å²) in [7, 11) is 0. The predicted molar refractivity (Wildman–Crippen MR) is 111 cm³/mol. The van der Waals surface area contributed by atoms with Crippen LogP contribution in [0.15, 0.2) is 54.6 Å². The average molecular weight is 326 g/mol. The first-order valence-electron chi connectivity index (χ1n) is 9.68. The molecule has 0 nitrogen and oxygen atoms in total. The van der Waals surface area contributed by atoms with Gasteiger partial charge in [0.1, 0.15) is 0 Å². The fraction of sp³-hybridized carbons (Fsp3) is 0.333. The molecule has 1 aliphatic rings. The molecule has 1 heterocycles. The number of hydrogen-bond acceptors (Lipinski definition) is 0. The molecule has 0 aromatic heterocycles. The van der Waals surface area contributed by atoms with Crippen LogP contribution in [-0.4, -0.2) is 6.71 Å². The summed E-state index contributed by atoms with van der Waals surface area (Å²) in [6, 6.07) is 20.6. The summed E-state index contributed by atoms with van der Waals surface area (Å²) in [5.41, 5.74) is 7.76. The monoisotopic (exact) mass is 326 g/mol. The van der Waals surface area contributed by atoms with Crippen LogP contribution >= 0.6 is 0 Å². The molecule has 0 saturated heterocycles. The summed E-state index contributed by atoms with van der Waals surface area (Å²) in [5.74, 6) is 1.14. The molecule has 3 aromatic carbocycles. The van der Waals surface area contributed by atoms with Gasteiger partial charge in [-0.1, -0.05) is 98.9 Å². The Morgan fingerprint density at radius 2 is 1.16 bits per heavy atom. The fourth-order valence-corrected chi connectivity index (χ4v) is 4.73. The van der Waals surface area contributed by atoms with Crippen LogP contribution in [0.3, 0.4) is 0 Å². The molecule has 25 heavy (non-hydrogen) atoms. The van der Waals surface area contributed by atoms with Crippen LogP contribution in [0, 0.1) is 0 Å². The molecule has 0 unspecified atom stereocenters. The predicted octanol–water partition coefficient (Wildman–Crippen LogP) is 5.67. The van der Waals surface area contributed by atoms with Crippen molar-refractivity contribution in [2.24, 2.45) is 0 Å². The van der Waals surface area contributed by atoms with Gasteiger partial charge in [0.2, 0.25) is 0 Å². The van der Waals surface area contributed by atoms with E-state index in [1.54, 1.807) is 16.6 Å². The molecule has 0 fully saturated rings. The van der Waals surface area contributed by atoms with E-state index in [9.17, 15) is 0 Å². The third-order valence-corrected chi connectivity index (χ3v) is 5.84. The normalized spacial score (nSPS) is 13.9. The standard InChI is InChI=1S/C24H27B/c1-16(2)21-12-7-13-22(17(3)4)24(21)25-14-19-10-5-8-18-9-6-11-20(15-25)23(18)19/h5-13,16-17H,14-15H2,1-4H3. The third-order valence-electron chi connectivity index (χ3n) is 5.84. The maximum absolute atomic E-state index is 2.35. The Morgan fingerprint density at radius 3 is 1.64 bits per heavy atom. The smallest absolute Gasteiger partial charge is 0.0726 e. The Kier molecular flexibility index (Phi) is 4.19. The van der Waals surface area contributed by atoms with Gasteiger partial charge in [-0.15, -0.1) is 0 Å². The van der Waals surface area contributed by atoms with Crippen LogP contribution in [0.1, 0.15) is 61.8 Å². The zero-order valence-electron chi connectivity index (χ0n) is 15.8. The van der Waals surface area contributed by atoms with Gasteiger partial charge in [-0.05, 0) is 46.4 Å². The second-order valence-corrected chi connectivity index (χ2v) is 8.20. The van der Waals surface area contributed by atoms with E-state index in [4.69, 9.17) is 0 Å². The van der Waals surface area contributed by atoms with Crippen molar-refractivity contribution in [3.05, 3.63) is 76.9 Å². The summed E-state index contributed by atoms with van der Waals surface area (Å²) < 4.78 is 0. The lowest BCUT2D eigenvalue weighted by atomic mass is 9.35. The summed E-state index contributed by atoms with van der Waals surface area (Å²) >= 11 is 0. The molecule has 126 valence electrons. The maximum atomic E-state index is 2.35. The van der Waals surface area contributed by atoms with Crippen LogP contribution in [0.4, 0.5) is 0 Å². The molecule has 0 N–H and O–H groups in total. The Balaban J connectivity index is 1.88. The van der Waals surface area contributed by atoms with Gasteiger partial charge >= 0.3 is 0 Å². The zero-order chi connectivity index (χ0) is 17.6. The second-order valence-electron chi connectivity index (χ2n) is 8.20. The number of benzene rings is 3. The first-order chi connectivity index (χ1) is 12.1. The molecule has 4 rings (SSSR count). The van der Waals surface area contributed by atoms with E-state index < -0.39 is 0 Å². The summed E-state index contributed by atoms with van der Waals surface area (Å²) in [6.07, 6.45) is 2.33. The van der Waals surface area contributed by atoms with Gasteiger partial charge in [0.25, 0.3) is 0 Å². The van der Waals surface area contributed by atoms with Crippen molar-refractivity contribution < 1.29 is 0 Å². The molecule has 0 atom stereocenters. The SMILES string of the molecule is CC(C)c1cccc(C(C)C)c1B1Cc2cccc3cccc(c23)C1. The minimum Gasteiger partial charge on any atom is -0.0726 e. The van der Waals surface area contributed by atoms with E-state index in [0.717, 1.165) is 12.6 Å². The van der Waals surface area contributed by atoms with Crippen LogP contribution in [0.5, 0.6) is 0 Å². The topological polar surface area (TPSA) is 0 Å². The molecule has 0 bridgehead atoms. The molecule has 1 aliphatic heterocycles. The van der Waals surface area contributed by atoms with E-state index in [0.29, 0.717) is 18.5 Å². The molecular formula is C24H27B. The highest BCUT2D eigenvalue weighted by Crippen LogP contribution is 2.31. The van der Waals surface area contributed by atoms with Crippen LogP contribution in [0.25, 0.3) is 10.8 Å². The van der Waals surface area contributed by atoms with Crippen molar-refractivity contribution >= 4 is 22.9 Å². The van der Waals surface area contributed by atoms with E-state index in [1.807, 2.05) is 0 Å². The minimum absolute atomic E-state index is 0.571. The molecule has 3 aromatic rings. The summed E-state index contributed by atoms with van der Waals surface area (Å²) in [5, 5.41) is 2.91. The summed E-state index contributed by atoms with van der Waals surface area (Å²) in [4.78, 5) is 0. The Hall–Kier alpha value is -2.02. The summed E-state index contributed by atoms with van der Waals surface area (Å²) in [6.45, 7) is 9.93. The van der Waals surface area contributed by atoms with Crippen LogP contribution in [-0.2, 0) is 12.6 Å². The quantitative estimate of drug-likeness (QED) is 0.544. The van der Waals surface area contributed by atoms with Crippen molar-refractivity contribution in [2.45, 2.75) is 52.2 Å². The average Bonchev–Trinajstić information content (AvgIpc) is 2.61. The second kappa shape index (κ2) is 6.37. The van der Waals surface area contributed by atoms with Gasteiger partial charge in [-0.25, -0.2) is 0 Å². The Labute approximate surface area is 152 Å². The van der Waals surface area contributed by atoms with E-state index in [-0.39, 0.29) is 0 Å². The Morgan fingerprint density at radius 1 is 0.680 bits per heavy atom. The van der Waals surface area contributed by atoms with Gasteiger partial charge in [0.15, 0.2) is 6.71 Å².